The average molecular weight is 234 g/mol. The number of nitrogens with one attached hydrogen (secondary N) is 1. The second-order valence-corrected chi connectivity index (χ2v) is 6.95. The van der Waals surface area contributed by atoms with Gasteiger partial charge < -0.3 is 5.32 Å². The fourth-order valence-corrected chi connectivity index (χ4v) is 3.25. The third kappa shape index (κ3) is 3.16. The molecule has 1 aliphatic carbocycles. The van der Waals surface area contributed by atoms with Crippen molar-refractivity contribution in [3.63, 3.8) is 0 Å². The van der Waals surface area contributed by atoms with Gasteiger partial charge in [0.2, 0.25) is 10.0 Å². The van der Waals surface area contributed by atoms with Crippen molar-refractivity contribution in [2.24, 2.45) is 5.92 Å². The van der Waals surface area contributed by atoms with Crippen molar-refractivity contribution in [3.8, 4) is 0 Å². The smallest absolute Gasteiger partial charge is 0.217 e. The third-order valence-corrected chi connectivity index (χ3v) is 5.38. The van der Waals surface area contributed by atoms with E-state index >= 15 is 0 Å². The molecule has 0 aromatic rings. The molecule has 0 amide bonds. The first kappa shape index (κ1) is 12.9. The lowest BCUT2D eigenvalue weighted by atomic mass is 9.86. The first-order chi connectivity index (χ1) is 6.98. The van der Waals surface area contributed by atoms with Crippen molar-refractivity contribution in [2.75, 3.05) is 27.2 Å². The minimum absolute atomic E-state index is 0.340. The summed E-state index contributed by atoms with van der Waals surface area (Å²) < 4.78 is 25.5. The molecule has 1 unspecified atom stereocenters. The van der Waals surface area contributed by atoms with Gasteiger partial charge in [0.05, 0.1) is 5.25 Å². The molecule has 0 saturated heterocycles. The van der Waals surface area contributed by atoms with E-state index in [0.29, 0.717) is 19.0 Å². The zero-order chi connectivity index (χ0) is 11.5. The van der Waals surface area contributed by atoms with Gasteiger partial charge in [-0.05, 0) is 32.7 Å². The molecule has 4 nitrogen and oxygen atoms in total. The van der Waals surface area contributed by atoms with Crippen LogP contribution in [0.4, 0.5) is 0 Å². The Bertz CT molecular complexity index is 286. The van der Waals surface area contributed by atoms with Gasteiger partial charge in [0, 0.05) is 20.1 Å². The van der Waals surface area contributed by atoms with E-state index in [4.69, 9.17) is 0 Å². The monoisotopic (exact) mass is 234 g/mol. The van der Waals surface area contributed by atoms with Crippen molar-refractivity contribution >= 4 is 10.0 Å². The van der Waals surface area contributed by atoms with E-state index in [1.165, 1.54) is 23.6 Å². The highest BCUT2D eigenvalue weighted by Gasteiger charge is 2.29. The first-order valence-electron chi connectivity index (χ1n) is 5.58. The molecular weight excluding hydrogens is 212 g/mol. The molecule has 0 aromatic carbocycles. The summed E-state index contributed by atoms with van der Waals surface area (Å²) in [4.78, 5) is 0. The predicted molar refractivity (Wildman–Crippen MR) is 62.3 cm³/mol. The summed E-state index contributed by atoms with van der Waals surface area (Å²) in [6.07, 6.45) is 3.62. The molecule has 0 radical (unpaired) electrons. The Morgan fingerprint density at radius 1 is 1.47 bits per heavy atom. The molecule has 0 aromatic heterocycles. The Kier molecular flexibility index (Phi) is 4.55. The molecule has 0 spiro atoms. The maximum atomic E-state index is 12.0. The highest BCUT2D eigenvalue weighted by molar-refractivity contribution is 7.89. The summed E-state index contributed by atoms with van der Waals surface area (Å²) in [5, 5.41) is 2.56. The number of sulfonamides is 1. The zero-order valence-corrected chi connectivity index (χ0v) is 10.7. The van der Waals surface area contributed by atoms with Crippen LogP contribution in [0.2, 0.25) is 0 Å². The maximum absolute atomic E-state index is 12.0. The van der Waals surface area contributed by atoms with Gasteiger partial charge in [-0.25, -0.2) is 12.7 Å². The second kappa shape index (κ2) is 5.27. The Morgan fingerprint density at radius 3 is 2.47 bits per heavy atom. The summed E-state index contributed by atoms with van der Waals surface area (Å²) in [7, 11) is 0.368. The summed E-state index contributed by atoms with van der Waals surface area (Å²) in [5.41, 5.74) is 0. The lowest BCUT2D eigenvalue weighted by molar-refractivity contribution is 0.262. The molecule has 90 valence electrons. The van der Waals surface area contributed by atoms with Gasteiger partial charge in [0.25, 0.3) is 0 Å². The number of nitrogens with zero attached hydrogens (tertiary/aromatic N) is 1. The Balaban J connectivity index is 2.50. The molecule has 1 rings (SSSR count). The third-order valence-electron chi connectivity index (χ3n) is 3.17. The topological polar surface area (TPSA) is 49.4 Å². The van der Waals surface area contributed by atoms with Gasteiger partial charge in [0.1, 0.15) is 0 Å². The van der Waals surface area contributed by atoms with Crippen LogP contribution < -0.4 is 5.32 Å². The minimum atomic E-state index is -3.10. The van der Waals surface area contributed by atoms with Crippen molar-refractivity contribution in [1.29, 1.82) is 0 Å². The normalized spacial score (nSPS) is 20.3. The van der Waals surface area contributed by atoms with Crippen LogP contribution in [0.25, 0.3) is 0 Å². The molecular formula is C10H22N2O2S. The molecule has 1 atom stereocenters. The van der Waals surface area contributed by atoms with E-state index < -0.39 is 10.0 Å². The largest absolute Gasteiger partial charge is 0.318 e. The van der Waals surface area contributed by atoms with Gasteiger partial charge in [0.15, 0.2) is 0 Å². The number of hydrogen-bond acceptors (Lipinski definition) is 3. The van der Waals surface area contributed by atoms with E-state index in [2.05, 4.69) is 5.32 Å². The maximum Gasteiger partial charge on any atom is 0.217 e. The summed E-state index contributed by atoms with van der Waals surface area (Å²) in [6, 6.07) is 0. The highest BCUT2D eigenvalue weighted by atomic mass is 32.2. The Labute approximate surface area is 93.1 Å². The van der Waals surface area contributed by atoms with Crippen LogP contribution in [0.3, 0.4) is 0 Å². The van der Waals surface area contributed by atoms with Gasteiger partial charge in [-0.3, -0.25) is 0 Å². The van der Waals surface area contributed by atoms with Crippen LogP contribution in [0.1, 0.15) is 26.2 Å². The van der Waals surface area contributed by atoms with E-state index in [0.717, 1.165) is 0 Å². The first-order valence-corrected chi connectivity index (χ1v) is 7.08. The lowest BCUT2D eigenvalue weighted by Crippen LogP contribution is -2.42. The Morgan fingerprint density at radius 2 is 2.07 bits per heavy atom. The van der Waals surface area contributed by atoms with Gasteiger partial charge in [-0.1, -0.05) is 6.42 Å². The van der Waals surface area contributed by atoms with E-state index in [1.54, 1.807) is 21.0 Å². The van der Waals surface area contributed by atoms with Crippen molar-refractivity contribution < 1.29 is 8.42 Å². The summed E-state index contributed by atoms with van der Waals surface area (Å²) in [5.74, 6) is 0.589. The van der Waals surface area contributed by atoms with Gasteiger partial charge >= 0.3 is 0 Å². The fraction of sp³-hybridized carbons (Fsp3) is 1.00. The van der Waals surface area contributed by atoms with Crippen LogP contribution in [0, 0.1) is 5.92 Å². The molecule has 0 bridgehead atoms. The fourth-order valence-electron chi connectivity index (χ4n) is 1.84. The molecule has 5 heteroatoms. The quantitative estimate of drug-likeness (QED) is 0.734. The second-order valence-electron chi connectivity index (χ2n) is 4.49. The van der Waals surface area contributed by atoms with Gasteiger partial charge in [-0.2, -0.15) is 0 Å². The highest BCUT2D eigenvalue weighted by Crippen LogP contribution is 2.27. The van der Waals surface area contributed by atoms with Crippen LogP contribution in [0.5, 0.6) is 0 Å². The van der Waals surface area contributed by atoms with Crippen molar-refractivity contribution in [3.05, 3.63) is 0 Å². The molecule has 1 aliphatic rings. The standard InChI is InChI=1S/C10H22N2O2S/c1-9(7-11-2)15(13,14)12(3)8-10-5-4-6-10/h9-11H,4-8H2,1-3H3. The molecule has 0 aliphatic heterocycles. The Hall–Kier alpha value is -0.130. The molecule has 1 saturated carbocycles. The number of rotatable bonds is 6. The molecule has 1 N–H and O–H groups in total. The predicted octanol–water partition coefficient (Wildman–Crippen LogP) is 0.656. The SMILES string of the molecule is CNCC(C)S(=O)(=O)N(C)CC1CCC1. The van der Waals surface area contributed by atoms with Crippen LogP contribution in [-0.2, 0) is 10.0 Å². The molecule has 15 heavy (non-hydrogen) atoms. The molecule has 1 fully saturated rings. The van der Waals surface area contributed by atoms with E-state index in [-0.39, 0.29) is 5.25 Å². The summed E-state index contributed by atoms with van der Waals surface area (Å²) in [6.45, 7) is 2.96. The van der Waals surface area contributed by atoms with Crippen molar-refractivity contribution in [1.82, 2.24) is 9.62 Å². The van der Waals surface area contributed by atoms with Crippen LogP contribution in [-0.4, -0.2) is 45.2 Å². The van der Waals surface area contributed by atoms with E-state index in [9.17, 15) is 8.42 Å². The van der Waals surface area contributed by atoms with Crippen LogP contribution >= 0.6 is 0 Å². The van der Waals surface area contributed by atoms with E-state index in [1.807, 2.05) is 0 Å². The number of hydrogen-bond donors (Lipinski definition) is 1. The van der Waals surface area contributed by atoms with Gasteiger partial charge in [-0.15, -0.1) is 0 Å². The lowest BCUT2D eigenvalue weighted by Gasteiger charge is -2.31. The zero-order valence-electron chi connectivity index (χ0n) is 9.86. The summed E-state index contributed by atoms with van der Waals surface area (Å²) >= 11 is 0. The minimum Gasteiger partial charge on any atom is -0.318 e. The average Bonchev–Trinajstić information content (AvgIpc) is 2.11. The van der Waals surface area contributed by atoms with Crippen LogP contribution in [0.15, 0.2) is 0 Å². The van der Waals surface area contributed by atoms with Crippen molar-refractivity contribution in [2.45, 2.75) is 31.4 Å². The molecule has 0 heterocycles.